The molecule has 0 amide bonds. The Balaban J connectivity index is 2.49. The molecule has 0 heterocycles. The standard InChI is InChI=1S/C11H18N2O3/c1-9(12(2)3)8-16-11-6-4-10(5-7-11)13(14)15/h4-7,9,13-14H,8H2,1-3H3/t9-/m1/s1. The topological polar surface area (TPSA) is 60.2 Å². The van der Waals surface area contributed by atoms with Gasteiger partial charge in [0.25, 0.3) is 0 Å². The van der Waals surface area contributed by atoms with Gasteiger partial charge >= 0.3 is 0 Å². The number of benzene rings is 1. The van der Waals surface area contributed by atoms with Crippen molar-refractivity contribution in [1.29, 1.82) is 0 Å². The Kier molecular flexibility index (Phi) is 4.70. The van der Waals surface area contributed by atoms with Crippen LogP contribution in [0.25, 0.3) is 0 Å². The number of ether oxygens (including phenoxy) is 1. The summed E-state index contributed by atoms with van der Waals surface area (Å²) in [5.74, 6) is 0.693. The van der Waals surface area contributed by atoms with Crippen LogP contribution in [0.3, 0.4) is 0 Å². The second-order valence-corrected chi connectivity index (χ2v) is 3.95. The minimum atomic E-state index is -0.923. The molecule has 0 aliphatic rings. The molecule has 0 fully saturated rings. The maximum Gasteiger partial charge on any atom is 0.164 e. The molecule has 16 heavy (non-hydrogen) atoms. The third-order valence-electron chi connectivity index (χ3n) is 2.47. The van der Waals surface area contributed by atoms with Crippen molar-refractivity contribution in [3.63, 3.8) is 0 Å². The Hall–Kier alpha value is -1.14. The normalized spacial score (nSPS) is 14.9. The van der Waals surface area contributed by atoms with E-state index in [1.165, 1.54) is 12.1 Å². The number of rotatable bonds is 5. The molecule has 2 N–H and O–H groups in total. The van der Waals surface area contributed by atoms with Crippen LogP contribution in [-0.2, 0) is 0 Å². The molecule has 1 aromatic carbocycles. The molecular formula is C11H18N2O3. The van der Waals surface area contributed by atoms with E-state index >= 15 is 0 Å². The number of likely N-dealkylation sites (N-methyl/N-ethyl adjacent to an activating group) is 1. The highest BCUT2D eigenvalue weighted by atomic mass is 16.8. The van der Waals surface area contributed by atoms with Gasteiger partial charge in [0.15, 0.2) is 5.69 Å². The first-order valence-corrected chi connectivity index (χ1v) is 5.13. The maximum atomic E-state index is 10.6. The average Bonchev–Trinajstić information content (AvgIpc) is 2.26. The van der Waals surface area contributed by atoms with Gasteiger partial charge in [-0.2, -0.15) is 5.23 Å². The van der Waals surface area contributed by atoms with Gasteiger partial charge in [-0.25, -0.2) is 5.21 Å². The van der Waals surface area contributed by atoms with E-state index in [9.17, 15) is 5.21 Å². The molecule has 1 rings (SSSR count). The third-order valence-corrected chi connectivity index (χ3v) is 2.47. The minimum Gasteiger partial charge on any atom is -0.595 e. The molecule has 0 aromatic heterocycles. The molecule has 0 radical (unpaired) electrons. The molecule has 5 nitrogen and oxygen atoms in total. The van der Waals surface area contributed by atoms with Crippen molar-refractivity contribution >= 4 is 5.69 Å². The molecule has 0 aliphatic heterocycles. The molecule has 90 valence electrons. The predicted octanol–water partition coefficient (Wildman–Crippen LogP) is 0.419. The molecule has 1 unspecified atom stereocenters. The van der Waals surface area contributed by atoms with Gasteiger partial charge in [-0.1, -0.05) is 0 Å². The van der Waals surface area contributed by atoms with Crippen LogP contribution in [-0.4, -0.2) is 36.9 Å². The minimum absolute atomic E-state index is 0.271. The summed E-state index contributed by atoms with van der Waals surface area (Å²) in [6, 6.07) is 6.74. The fourth-order valence-electron chi connectivity index (χ4n) is 1.06. The van der Waals surface area contributed by atoms with E-state index in [1.54, 1.807) is 12.1 Å². The largest absolute Gasteiger partial charge is 0.595 e. The lowest BCUT2D eigenvalue weighted by atomic mass is 10.3. The van der Waals surface area contributed by atoms with Gasteiger partial charge in [-0.3, -0.25) is 0 Å². The van der Waals surface area contributed by atoms with Crippen molar-refractivity contribution in [2.45, 2.75) is 13.0 Å². The molecule has 1 aromatic rings. The number of hydrogen-bond acceptors (Lipinski definition) is 4. The molecule has 2 atom stereocenters. The fraction of sp³-hybridized carbons (Fsp3) is 0.455. The summed E-state index contributed by atoms with van der Waals surface area (Å²) in [4.78, 5) is 2.06. The molecule has 0 saturated heterocycles. The Morgan fingerprint density at radius 1 is 1.38 bits per heavy atom. The monoisotopic (exact) mass is 226 g/mol. The average molecular weight is 226 g/mol. The lowest BCUT2D eigenvalue weighted by molar-refractivity contribution is -0.991. The SMILES string of the molecule is C[C@H](COc1ccc([NH+]([O-])O)cc1)N(C)C. The molecule has 0 aliphatic carbocycles. The second kappa shape index (κ2) is 5.81. The van der Waals surface area contributed by atoms with Crippen LogP contribution < -0.4 is 9.96 Å². The van der Waals surface area contributed by atoms with Crippen LogP contribution in [0, 0.1) is 5.21 Å². The van der Waals surface area contributed by atoms with Crippen LogP contribution in [0.15, 0.2) is 24.3 Å². The summed E-state index contributed by atoms with van der Waals surface area (Å²) in [5, 5.41) is 18.4. The Morgan fingerprint density at radius 3 is 2.38 bits per heavy atom. The van der Waals surface area contributed by atoms with Crippen molar-refractivity contribution in [1.82, 2.24) is 4.90 Å². The van der Waals surface area contributed by atoms with Crippen molar-refractivity contribution in [2.24, 2.45) is 0 Å². The molecular weight excluding hydrogens is 208 g/mol. The zero-order valence-electron chi connectivity index (χ0n) is 9.80. The number of nitrogens with one attached hydrogen (secondary N) is 1. The van der Waals surface area contributed by atoms with E-state index in [-0.39, 0.29) is 5.69 Å². The highest BCUT2D eigenvalue weighted by Crippen LogP contribution is 2.13. The van der Waals surface area contributed by atoms with Gasteiger partial charge in [-0.15, -0.1) is 0 Å². The lowest BCUT2D eigenvalue weighted by Crippen LogP contribution is -2.99. The zero-order valence-corrected chi connectivity index (χ0v) is 9.80. The summed E-state index contributed by atoms with van der Waals surface area (Å²) in [6.07, 6.45) is 0. The summed E-state index contributed by atoms with van der Waals surface area (Å²) < 4.78 is 5.53. The van der Waals surface area contributed by atoms with E-state index < -0.39 is 5.23 Å². The van der Waals surface area contributed by atoms with Crippen LogP contribution in [0.2, 0.25) is 0 Å². The Bertz CT molecular complexity index is 312. The lowest BCUT2D eigenvalue weighted by Gasteiger charge is -2.20. The summed E-state index contributed by atoms with van der Waals surface area (Å²) in [7, 11) is 3.98. The summed E-state index contributed by atoms with van der Waals surface area (Å²) >= 11 is 0. The Labute approximate surface area is 95.4 Å². The first-order chi connectivity index (χ1) is 7.50. The smallest absolute Gasteiger partial charge is 0.164 e. The van der Waals surface area contributed by atoms with Gasteiger partial charge in [0.05, 0.1) is 0 Å². The first-order valence-electron chi connectivity index (χ1n) is 5.13. The van der Waals surface area contributed by atoms with Crippen molar-refractivity contribution in [3.05, 3.63) is 29.5 Å². The van der Waals surface area contributed by atoms with Crippen LogP contribution in [0.4, 0.5) is 5.69 Å². The fourth-order valence-corrected chi connectivity index (χ4v) is 1.06. The molecule has 0 saturated carbocycles. The second-order valence-electron chi connectivity index (χ2n) is 3.95. The van der Waals surface area contributed by atoms with Gasteiger partial charge in [0.1, 0.15) is 12.4 Å². The molecule has 0 bridgehead atoms. The van der Waals surface area contributed by atoms with E-state index in [0.29, 0.717) is 18.4 Å². The number of quaternary nitrogens is 1. The predicted molar refractivity (Wildman–Crippen MR) is 60.9 cm³/mol. The quantitative estimate of drug-likeness (QED) is 0.714. The Morgan fingerprint density at radius 2 is 1.94 bits per heavy atom. The van der Waals surface area contributed by atoms with Crippen LogP contribution >= 0.6 is 0 Å². The van der Waals surface area contributed by atoms with Gasteiger partial charge in [0, 0.05) is 18.2 Å². The number of nitrogens with zero attached hydrogens (tertiary/aromatic N) is 1. The maximum absolute atomic E-state index is 10.6. The summed E-state index contributed by atoms with van der Waals surface area (Å²) in [6.45, 7) is 2.64. The van der Waals surface area contributed by atoms with E-state index in [2.05, 4.69) is 11.8 Å². The highest BCUT2D eigenvalue weighted by Gasteiger charge is 2.05. The van der Waals surface area contributed by atoms with E-state index in [0.717, 1.165) is 0 Å². The van der Waals surface area contributed by atoms with Gasteiger partial charge < -0.3 is 14.8 Å². The van der Waals surface area contributed by atoms with Crippen molar-refractivity contribution < 1.29 is 15.2 Å². The van der Waals surface area contributed by atoms with Crippen molar-refractivity contribution in [3.8, 4) is 5.75 Å². The first kappa shape index (κ1) is 12.9. The molecule has 0 spiro atoms. The van der Waals surface area contributed by atoms with Crippen molar-refractivity contribution in [2.75, 3.05) is 20.7 Å². The molecule has 5 heteroatoms. The van der Waals surface area contributed by atoms with Crippen LogP contribution in [0.1, 0.15) is 6.92 Å². The van der Waals surface area contributed by atoms with E-state index in [1.807, 2.05) is 14.1 Å². The zero-order chi connectivity index (χ0) is 12.1. The van der Waals surface area contributed by atoms with Gasteiger partial charge in [-0.05, 0) is 33.2 Å². The highest BCUT2D eigenvalue weighted by molar-refractivity contribution is 5.35. The van der Waals surface area contributed by atoms with Gasteiger partial charge in [0.2, 0.25) is 0 Å². The third kappa shape index (κ3) is 3.79. The van der Waals surface area contributed by atoms with Crippen LogP contribution in [0.5, 0.6) is 5.75 Å². The van der Waals surface area contributed by atoms with E-state index in [4.69, 9.17) is 9.94 Å². The number of hydrogen-bond donors (Lipinski definition) is 2. The summed E-state index contributed by atoms with van der Waals surface area (Å²) in [5.41, 5.74) is 0.271.